The molecule has 2 bridgehead atoms. The third-order valence-corrected chi connectivity index (χ3v) is 7.24. The average Bonchev–Trinajstić information content (AvgIpc) is 3.35. The molecule has 1 unspecified atom stereocenters. The first-order valence-corrected chi connectivity index (χ1v) is 10.8. The van der Waals surface area contributed by atoms with Gasteiger partial charge in [0.15, 0.2) is 5.82 Å². The summed E-state index contributed by atoms with van der Waals surface area (Å²) < 4.78 is 13.8. The summed E-state index contributed by atoms with van der Waals surface area (Å²) in [7, 11) is 0. The number of aromatic amines is 1. The van der Waals surface area contributed by atoms with Crippen molar-refractivity contribution in [3.63, 3.8) is 0 Å². The Morgan fingerprint density at radius 3 is 2.86 bits per heavy atom. The summed E-state index contributed by atoms with van der Waals surface area (Å²) in [6, 6.07) is 4.06. The highest BCUT2D eigenvalue weighted by atomic mass is 32.1. The highest BCUT2D eigenvalue weighted by Crippen LogP contribution is 2.43. The van der Waals surface area contributed by atoms with Crippen LogP contribution < -0.4 is 5.32 Å². The minimum Gasteiger partial charge on any atom is -0.366 e. The molecule has 2 N–H and O–H groups in total. The first-order chi connectivity index (χ1) is 13.7. The van der Waals surface area contributed by atoms with Gasteiger partial charge in [-0.3, -0.25) is 0 Å². The molecule has 0 aliphatic heterocycles. The second-order valence-electron chi connectivity index (χ2n) is 8.05. The molecular weight excluding hydrogens is 373 g/mol. The van der Waals surface area contributed by atoms with Crippen molar-refractivity contribution in [2.75, 3.05) is 5.32 Å². The Bertz CT molecular complexity index is 1170. The smallest absolute Gasteiger partial charge is 0.165 e. The van der Waals surface area contributed by atoms with Gasteiger partial charge in [0.1, 0.15) is 22.1 Å². The minimum atomic E-state index is -0.359. The average molecular weight is 393 g/mol. The van der Waals surface area contributed by atoms with E-state index in [0.717, 1.165) is 33.4 Å². The van der Waals surface area contributed by atoms with Crippen LogP contribution in [0.4, 0.5) is 10.2 Å². The zero-order valence-electron chi connectivity index (χ0n) is 15.3. The Morgan fingerprint density at radius 2 is 2.04 bits per heavy atom. The zero-order chi connectivity index (χ0) is 18.7. The van der Waals surface area contributed by atoms with E-state index in [2.05, 4.69) is 26.7 Å². The van der Waals surface area contributed by atoms with Crippen LogP contribution in [0.15, 0.2) is 29.9 Å². The molecule has 0 spiro atoms. The summed E-state index contributed by atoms with van der Waals surface area (Å²) >= 11 is 1.61. The van der Waals surface area contributed by atoms with E-state index >= 15 is 0 Å². The molecule has 0 amide bonds. The molecule has 3 fully saturated rings. The van der Waals surface area contributed by atoms with Gasteiger partial charge in [0.05, 0.1) is 11.6 Å². The highest BCUT2D eigenvalue weighted by molar-refractivity contribution is 7.16. The number of thiophene rings is 1. The summed E-state index contributed by atoms with van der Waals surface area (Å²) in [5.41, 5.74) is 1.43. The molecule has 3 aliphatic rings. The minimum absolute atomic E-state index is 0.359. The van der Waals surface area contributed by atoms with Crippen LogP contribution in [0.3, 0.4) is 0 Å². The van der Waals surface area contributed by atoms with Crippen LogP contribution in [0.1, 0.15) is 32.1 Å². The lowest BCUT2D eigenvalue weighted by Crippen LogP contribution is -2.40. The van der Waals surface area contributed by atoms with Crippen LogP contribution in [0.25, 0.3) is 32.6 Å². The summed E-state index contributed by atoms with van der Waals surface area (Å²) in [5.74, 6) is 2.74. The second-order valence-corrected chi connectivity index (χ2v) is 8.95. The quantitative estimate of drug-likeness (QED) is 0.491. The van der Waals surface area contributed by atoms with E-state index in [-0.39, 0.29) is 5.82 Å². The number of aromatic nitrogens is 4. The van der Waals surface area contributed by atoms with Crippen LogP contribution in [-0.2, 0) is 0 Å². The first kappa shape index (κ1) is 16.4. The molecule has 0 radical (unpaired) electrons. The molecule has 5 nitrogen and oxygen atoms in total. The van der Waals surface area contributed by atoms with Crippen molar-refractivity contribution >= 4 is 38.4 Å². The first-order valence-electron chi connectivity index (χ1n) is 9.89. The summed E-state index contributed by atoms with van der Waals surface area (Å²) in [5, 5.41) is 7.59. The number of H-pyrrole nitrogens is 1. The largest absolute Gasteiger partial charge is 0.366 e. The number of anilines is 1. The molecule has 0 aromatic carbocycles. The van der Waals surface area contributed by atoms with Crippen molar-refractivity contribution in [2.24, 2.45) is 11.8 Å². The Hall–Kier alpha value is -2.54. The number of rotatable bonds is 3. The van der Waals surface area contributed by atoms with E-state index in [9.17, 15) is 4.39 Å². The number of pyridine rings is 1. The fourth-order valence-electron chi connectivity index (χ4n) is 4.98. The number of hydrogen-bond acceptors (Lipinski definition) is 5. The topological polar surface area (TPSA) is 66.5 Å². The van der Waals surface area contributed by atoms with Crippen molar-refractivity contribution in [3.05, 3.63) is 35.7 Å². The zero-order valence-corrected chi connectivity index (χ0v) is 16.1. The van der Waals surface area contributed by atoms with Crippen molar-refractivity contribution < 1.29 is 4.39 Å². The summed E-state index contributed by atoms with van der Waals surface area (Å²) in [6.45, 7) is 0. The Kier molecular flexibility index (Phi) is 3.66. The van der Waals surface area contributed by atoms with Gasteiger partial charge in [0.25, 0.3) is 0 Å². The number of nitrogens with zero attached hydrogens (tertiary/aromatic N) is 3. The molecule has 0 saturated heterocycles. The maximum Gasteiger partial charge on any atom is 0.165 e. The highest BCUT2D eigenvalue weighted by Gasteiger charge is 2.36. The van der Waals surface area contributed by atoms with Gasteiger partial charge >= 0.3 is 0 Å². The monoisotopic (exact) mass is 393 g/mol. The van der Waals surface area contributed by atoms with Crippen LogP contribution >= 0.6 is 11.3 Å². The van der Waals surface area contributed by atoms with Gasteiger partial charge < -0.3 is 10.3 Å². The molecule has 4 aromatic rings. The number of fused-ring (bicyclic) bond motifs is 5. The van der Waals surface area contributed by atoms with Gasteiger partial charge in [-0.15, -0.1) is 11.3 Å². The second kappa shape index (κ2) is 6.24. The molecule has 7 heteroatoms. The normalized spacial score (nSPS) is 24.2. The van der Waals surface area contributed by atoms with E-state index in [1.54, 1.807) is 11.3 Å². The van der Waals surface area contributed by atoms with Gasteiger partial charge in [0.2, 0.25) is 0 Å². The van der Waals surface area contributed by atoms with Crippen LogP contribution in [0.5, 0.6) is 0 Å². The molecule has 4 heterocycles. The molecule has 28 heavy (non-hydrogen) atoms. The van der Waals surface area contributed by atoms with Crippen LogP contribution in [0, 0.1) is 17.7 Å². The lowest BCUT2D eigenvalue weighted by atomic mass is 9.68. The van der Waals surface area contributed by atoms with E-state index in [1.165, 1.54) is 44.4 Å². The fraction of sp³-hybridized carbons (Fsp3) is 0.381. The maximum absolute atomic E-state index is 13.8. The molecule has 4 aromatic heterocycles. The molecule has 3 saturated carbocycles. The molecule has 1 atom stereocenters. The molecule has 3 aliphatic carbocycles. The Labute approximate surface area is 165 Å². The lowest BCUT2D eigenvalue weighted by molar-refractivity contribution is 0.157. The van der Waals surface area contributed by atoms with E-state index < -0.39 is 0 Å². The third-order valence-electron chi connectivity index (χ3n) is 6.43. The van der Waals surface area contributed by atoms with Gasteiger partial charge in [-0.1, -0.05) is 12.8 Å². The summed E-state index contributed by atoms with van der Waals surface area (Å²) in [4.78, 5) is 17.8. The van der Waals surface area contributed by atoms with Gasteiger partial charge in [0, 0.05) is 23.2 Å². The predicted octanol–water partition coefficient (Wildman–Crippen LogP) is 5.36. The standard InChI is InChI=1S/C21H20FN5S/c22-13-8-15-16(10-24-18(15)23-9-13)20-26-19(14-5-6-28-21(14)27-20)25-17-7-11-1-3-12(17)4-2-11/h5-6,8-12,17H,1-4,7H2,(H,23,24)(H,25,26,27). The number of hydrogen-bond donors (Lipinski definition) is 2. The van der Waals surface area contributed by atoms with Crippen molar-refractivity contribution in [1.82, 2.24) is 19.9 Å². The third kappa shape index (κ3) is 2.60. The fourth-order valence-corrected chi connectivity index (χ4v) is 5.74. The predicted molar refractivity (Wildman–Crippen MR) is 110 cm³/mol. The van der Waals surface area contributed by atoms with Gasteiger partial charge in [-0.2, -0.15) is 0 Å². The number of nitrogens with one attached hydrogen (secondary N) is 2. The van der Waals surface area contributed by atoms with Crippen LogP contribution in [-0.4, -0.2) is 26.0 Å². The lowest BCUT2D eigenvalue weighted by Gasteiger charge is -2.42. The van der Waals surface area contributed by atoms with Crippen LogP contribution in [0.2, 0.25) is 0 Å². The summed E-state index contributed by atoms with van der Waals surface area (Å²) in [6.07, 6.45) is 9.66. The Balaban J connectivity index is 1.45. The SMILES string of the molecule is Fc1cnc2[nH]cc(-c3nc(NC4CC5CCC4CC5)c4ccsc4n3)c2c1. The molecule has 7 rings (SSSR count). The van der Waals surface area contributed by atoms with Crippen molar-refractivity contribution in [2.45, 2.75) is 38.1 Å². The van der Waals surface area contributed by atoms with E-state index in [0.29, 0.717) is 22.9 Å². The Morgan fingerprint density at radius 1 is 1.14 bits per heavy atom. The van der Waals surface area contributed by atoms with Gasteiger partial charge in [-0.25, -0.2) is 19.3 Å². The van der Waals surface area contributed by atoms with Crippen molar-refractivity contribution in [3.8, 4) is 11.4 Å². The number of halogens is 1. The maximum atomic E-state index is 13.8. The molecule has 142 valence electrons. The molecular formula is C21H20FN5S. The van der Waals surface area contributed by atoms with E-state index in [4.69, 9.17) is 9.97 Å². The van der Waals surface area contributed by atoms with Crippen molar-refractivity contribution in [1.29, 1.82) is 0 Å². The van der Waals surface area contributed by atoms with E-state index in [1.807, 2.05) is 6.20 Å². The van der Waals surface area contributed by atoms with Gasteiger partial charge in [-0.05, 0) is 48.6 Å².